The average molecular weight is 397 g/mol. The molecule has 1 aliphatic rings. The largest absolute Gasteiger partial charge is 0.324 e. The Hall–Kier alpha value is -0.100. The Morgan fingerprint density at radius 1 is 1.44 bits per heavy atom. The van der Waals surface area contributed by atoms with Crippen molar-refractivity contribution >= 4 is 55.1 Å². The lowest BCUT2D eigenvalue weighted by atomic mass is 9.89. The average Bonchev–Trinajstić information content (AvgIpc) is 2.71. The van der Waals surface area contributed by atoms with Gasteiger partial charge in [-0.15, -0.1) is 0 Å². The minimum Gasteiger partial charge on any atom is -0.324 e. The lowest BCUT2D eigenvalue weighted by Gasteiger charge is -2.22. The molecule has 1 amide bonds. The van der Waals surface area contributed by atoms with Crippen LogP contribution in [0.15, 0.2) is 21.1 Å². The molecular formula is C12H13Br2ClN2O. The molecule has 1 heterocycles. The summed E-state index contributed by atoms with van der Waals surface area (Å²) in [5.41, 5.74) is 0.371. The Kier molecular flexibility index (Phi) is 4.36. The van der Waals surface area contributed by atoms with Crippen molar-refractivity contribution in [3.63, 3.8) is 0 Å². The van der Waals surface area contributed by atoms with Crippen molar-refractivity contribution in [2.24, 2.45) is 5.41 Å². The predicted octanol–water partition coefficient (Wildman–Crippen LogP) is 3.80. The zero-order chi connectivity index (χ0) is 13.3. The predicted molar refractivity (Wildman–Crippen MR) is 81.1 cm³/mol. The number of hydrogen-bond donors (Lipinski definition) is 2. The maximum Gasteiger partial charge on any atom is 0.231 e. The van der Waals surface area contributed by atoms with Crippen LogP contribution in [0.4, 0.5) is 5.69 Å². The summed E-state index contributed by atoms with van der Waals surface area (Å²) in [6, 6.07) is 3.52. The van der Waals surface area contributed by atoms with Gasteiger partial charge in [0, 0.05) is 20.5 Å². The first-order chi connectivity index (χ1) is 8.42. The molecule has 98 valence electrons. The van der Waals surface area contributed by atoms with Crippen LogP contribution in [0, 0.1) is 5.41 Å². The number of anilines is 1. The third kappa shape index (κ3) is 2.90. The SMILES string of the molecule is CC1(C(=O)Nc2c(Br)cc(Cl)cc2Br)CCNC1. The molecular weight excluding hydrogens is 383 g/mol. The van der Waals surface area contributed by atoms with Crippen LogP contribution < -0.4 is 10.6 Å². The van der Waals surface area contributed by atoms with Crippen molar-refractivity contribution in [1.82, 2.24) is 5.32 Å². The molecule has 1 fully saturated rings. The number of rotatable bonds is 2. The Balaban J connectivity index is 2.22. The summed E-state index contributed by atoms with van der Waals surface area (Å²) >= 11 is 12.7. The number of hydrogen-bond acceptors (Lipinski definition) is 2. The quantitative estimate of drug-likeness (QED) is 0.798. The van der Waals surface area contributed by atoms with Crippen molar-refractivity contribution in [2.75, 3.05) is 18.4 Å². The standard InChI is InChI=1S/C12H13Br2ClN2O/c1-12(2-3-16-6-12)11(18)17-10-8(13)4-7(15)5-9(10)14/h4-5,16H,2-3,6H2,1H3,(H,17,18). The lowest BCUT2D eigenvalue weighted by Crippen LogP contribution is -2.35. The summed E-state index contributed by atoms with van der Waals surface area (Å²) in [7, 11) is 0. The molecule has 1 saturated heterocycles. The molecule has 0 saturated carbocycles. The number of carbonyl (C=O) groups excluding carboxylic acids is 1. The van der Waals surface area contributed by atoms with E-state index in [0.717, 1.165) is 27.6 Å². The zero-order valence-electron chi connectivity index (χ0n) is 9.82. The fraction of sp³-hybridized carbons (Fsp3) is 0.417. The van der Waals surface area contributed by atoms with E-state index in [1.807, 2.05) is 6.92 Å². The monoisotopic (exact) mass is 394 g/mol. The van der Waals surface area contributed by atoms with Crippen molar-refractivity contribution in [3.05, 3.63) is 26.1 Å². The fourth-order valence-corrected chi connectivity index (χ4v) is 3.80. The smallest absolute Gasteiger partial charge is 0.231 e. The summed E-state index contributed by atoms with van der Waals surface area (Å²) in [5, 5.41) is 6.78. The second-order valence-corrected chi connectivity index (χ2v) is 6.83. The summed E-state index contributed by atoms with van der Waals surface area (Å²) < 4.78 is 1.54. The Labute approximate surface area is 128 Å². The van der Waals surface area contributed by atoms with E-state index in [0.29, 0.717) is 11.6 Å². The van der Waals surface area contributed by atoms with Crippen molar-refractivity contribution in [1.29, 1.82) is 0 Å². The van der Waals surface area contributed by atoms with Gasteiger partial charge in [-0.3, -0.25) is 4.79 Å². The number of nitrogens with one attached hydrogen (secondary N) is 2. The van der Waals surface area contributed by atoms with Gasteiger partial charge in [-0.05, 0) is 63.9 Å². The van der Waals surface area contributed by atoms with Crippen molar-refractivity contribution in [2.45, 2.75) is 13.3 Å². The van der Waals surface area contributed by atoms with Crippen LogP contribution in [0.5, 0.6) is 0 Å². The first-order valence-corrected chi connectivity index (χ1v) is 7.55. The van der Waals surface area contributed by atoms with E-state index in [-0.39, 0.29) is 11.3 Å². The highest BCUT2D eigenvalue weighted by Gasteiger charge is 2.36. The third-order valence-electron chi connectivity index (χ3n) is 3.16. The van der Waals surface area contributed by atoms with Crippen LogP contribution in [0.2, 0.25) is 5.02 Å². The summed E-state index contributed by atoms with van der Waals surface area (Å²) in [6.45, 7) is 3.56. The highest BCUT2D eigenvalue weighted by Crippen LogP contribution is 2.36. The first kappa shape index (κ1) is 14.3. The van der Waals surface area contributed by atoms with Gasteiger partial charge in [0.1, 0.15) is 0 Å². The van der Waals surface area contributed by atoms with Crippen LogP contribution in [-0.4, -0.2) is 19.0 Å². The van der Waals surface area contributed by atoms with Crippen LogP contribution in [-0.2, 0) is 4.79 Å². The van der Waals surface area contributed by atoms with Gasteiger partial charge in [0.2, 0.25) is 5.91 Å². The number of halogens is 3. The van der Waals surface area contributed by atoms with Crippen molar-refractivity contribution < 1.29 is 4.79 Å². The van der Waals surface area contributed by atoms with Gasteiger partial charge < -0.3 is 10.6 Å². The first-order valence-electron chi connectivity index (χ1n) is 5.59. The lowest BCUT2D eigenvalue weighted by molar-refractivity contribution is -0.123. The molecule has 1 unspecified atom stereocenters. The topological polar surface area (TPSA) is 41.1 Å². The van der Waals surface area contributed by atoms with E-state index >= 15 is 0 Å². The van der Waals surface area contributed by atoms with Crippen LogP contribution in [0.1, 0.15) is 13.3 Å². The van der Waals surface area contributed by atoms with Crippen LogP contribution >= 0.6 is 43.5 Å². The minimum atomic E-state index is -0.349. The van der Waals surface area contributed by atoms with Crippen LogP contribution in [0.3, 0.4) is 0 Å². The second kappa shape index (κ2) is 5.49. The second-order valence-electron chi connectivity index (χ2n) is 4.69. The van der Waals surface area contributed by atoms with Crippen LogP contribution in [0.25, 0.3) is 0 Å². The summed E-state index contributed by atoms with van der Waals surface area (Å²) in [4.78, 5) is 12.3. The molecule has 0 aromatic heterocycles. The van der Waals surface area contributed by atoms with E-state index < -0.39 is 0 Å². The summed E-state index contributed by atoms with van der Waals surface area (Å²) in [5.74, 6) is 0.0243. The molecule has 3 nitrogen and oxygen atoms in total. The Morgan fingerprint density at radius 2 is 2.06 bits per heavy atom. The molecule has 0 bridgehead atoms. The maximum atomic E-state index is 12.3. The molecule has 1 aliphatic heterocycles. The number of amides is 1. The number of carbonyl (C=O) groups is 1. The zero-order valence-corrected chi connectivity index (χ0v) is 13.7. The molecule has 0 aliphatic carbocycles. The van der Waals surface area contributed by atoms with E-state index in [1.54, 1.807) is 12.1 Å². The Bertz CT molecular complexity index is 464. The van der Waals surface area contributed by atoms with E-state index in [1.165, 1.54) is 0 Å². The van der Waals surface area contributed by atoms with Gasteiger partial charge in [0.25, 0.3) is 0 Å². The maximum absolute atomic E-state index is 12.3. The third-order valence-corrected chi connectivity index (χ3v) is 4.63. The highest BCUT2D eigenvalue weighted by molar-refractivity contribution is 9.11. The fourth-order valence-electron chi connectivity index (χ4n) is 1.94. The minimum absolute atomic E-state index is 0.0243. The molecule has 6 heteroatoms. The van der Waals surface area contributed by atoms with E-state index in [4.69, 9.17) is 11.6 Å². The van der Waals surface area contributed by atoms with E-state index in [2.05, 4.69) is 42.5 Å². The van der Waals surface area contributed by atoms with Gasteiger partial charge in [-0.2, -0.15) is 0 Å². The molecule has 0 radical (unpaired) electrons. The van der Waals surface area contributed by atoms with E-state index in [9.17, 15) is 4.79 Å². The molecule has 1 atom stereocenters. The molecule has 1 aromatic carbocycles. The van der Waals surface area contributed by atoms with Crippen molar-refractivity contribution in [3.8, 4) is 0 Å². The highest BCUT2D eigenvalue weighted by atomic mass is 79.9. The van der Waals surface area contributed by atoms with Gasteiger partial charge in [0.15, 0.2) is 0 Å². The molecule has 18 heavy (non-hydrogen) atoms. The molecule has 2 N–H and O–H groups in total. The van der Waals surface area contributed by atoms with Gasteiger partial charge in [0.05, 0.1) is 11.1 Å². The molecule has 1 aromatic rings. The Morgan fingerprint density at radius 3 is 2.56 bits per heavy atom. The summed E-state index contributed by atoms with van der Waals surface area (Å²) in [6.07, 6.45) is 0.849. The molecule has 2 rings (SSSR count). The van der Waals surface area contributed by atoms with Gasteiger partial charge in [-0.1, -0.05) is 11.6 Å². The van der Waals surface area contributed by atoms with Gasteiger partial charge >= 0.3 is 0 Å². The van der Waals surface area contributed by atoms with Gasteiger partial charge in [-0.25, -0.2) is 0 Å². The normalized spacial score (nSPS) is 23.1. The number of benzene rings is 1. The molecule has 0 spiro atoms.